The number of amides is 1. The molecule has 0 spiro atoms. The van der Waals surface area contributed by atoms with Crippen LogP contribution in [0.3, 0.4) is 0 Å². The van der Waals surface area contributed by atoms with Crippen molar-refractivity contribution in [2.24, 2.45) is 0 Å². The summed E-state index contributed by atoms with van der Waals surface area (Å²) in [4.78, 5) is 12.9. The summed E-state index contributed by atoms with van der Waals surface area (Å²) in [5, 5.41) is 11.5. The van der Waals surface area contributed by atoms with Gasteiger partial charge in [-0.3, -0.25) is 4.79 Å². The average molecular weight is 419 g/mol. The minimum atomic E-state index is -3.26. The van der Waals surface area contributed by atoms with Gasteiger partial charge in [0, 0.05) is 11.3 Å². The second kappa shape index (κ2) is 7.73. The van der Waals surface area contributed by atoms with Gasteiger partial charge in [-0.25, -0.2) is 13.1 Å². The molecule has 0 radical (unpaired) electrons. The van der Waals surface area contributed by atoms with E-state index in [1.165, 1.54) is 12.1 Å². The summed E-state index contributed by atoms with van der Waals surface area (Å²) in [5.41, 5.74) is 2.28. The summed E-state index contributed by atoms with van der Waals surface area (Å²) in [7, 11) is -3.26. The maximum atomic E-state index is 12.6. The lowest BCUT2D eigenvalue weighted by Crippen LogP contribution is -2.27. The minimum absolute atomic E-state index is 0.208. The van der Waals surface area contributed by atoms with Gasteiger partial charge in [0.2, 0.25) is 0 Å². The number of aromatic nitrogens is 3. The third-order valence-electron chi connectivity index (χ3n) is 4.32. The summed E-state index contributed by atoms with van der Waals surface area (Å²) in [6, 6.07) is 13.2. The van der Waals surface area contributed by atoms with E-state index in [0.29, 0.717) is 16.4 Å². The van der Waals surface area contributed by atoms with Crippen LogP contribution in [0.4, 0.5) is 0 Å². The number of carbonyl (C=O) groups excluding carboxylic acids is 1. The number of rotatable bonds is 5. The Balaban J connectivity index is 1.78. The highest BCUT2D eigenvalue weighted by Crippen LogP contribution is 2.19. The Morgan fingerprint density at radius 1 is 1.18 bits per heavy atom. The number of nitrogens with one attached hydrogen (secondary N) is 1. The molecular weight excluding hydrogens is 400 g/mol. The maximum absolute atomic E-state index is 12.6. The fourth-order valence-corrected chi connectivity index (χ4v) is 3.56. The molecule has 1 atom stereocenters. The standard InChI is InChI=1S/C19H19ClN4O3S/c1-12(14-7-9-17(10-8-14)28(3,26)27)21-19(25)18-13(2)24(23-22-18)16-6-4-5-15(20)11-16/h4-12H,1-3H3,(H,21,25). The van der Waals surface area contributed by atoms with Gasteiger partial charge >= 0.3 is 0 Å². The van der Waals surface area contributed by atoms with Gasteiger partial charge in [0.1, 0.15) is 0 Å². The van der Waals surface area contributed by atoms with Crippen LogP contribution in [0.25, 0.3) is 5.69 Å². The van der Waals surface area contributed by atoms with Crippen molar-refractivity contribution >= 4 is 27.3 Å². The Kier molecular flexibility index (Phi) is 5.53. The molecule has 1 amide bonds. The highest BCUT2D eigenvalue weighted by Gasteiger charge is 2.20. The van der Waals surface area contributed by atoms with Gasteiger partial charge in [0.25, 0.3) is 5.91 Å². The van der Waals surface area contributed by atoms with Crippen LogP contribution < -0.4 is 5.32 Å². The molecule has 3 aromatic rings. The van der Waals surface area contributed by atoms with Crippen LogP contribution in [-0.4, -0.2) is 35.6 Å². The van der Waals surface area contributed by atoms with Crippen molar-refractivity contribution < 1.29 is 13.2 Å². The smallest absolute Gasteiger partial charge is 0.274 e. The van der Waals surface area contributed by atoms with Crippen molar-refractivity contribution in [2.75, 3.05) is 6.26 Å². The molecule has 0 aliphatic rings. The van der Waals surface area contributed by atoms with Crippen molar-refractivity contribution in [3.63, 3.8) is 0 Å². The highest BCUT2D eigenvalue weighted by atomic mass is 35.5. The molecular formula is C19H19ClN4O3S. The maximum Gasteiger partial charge on any atom is 0.274 e. The topological polar surface area (TPSA) is 93.9 Å². The summed E-state index contributed by atoms with van der Waals surface area (Å²) in [5.74, 6) is -0.370. The second-order valence-electron chi connectivity index (χ2n) is 6.45. The van der Waals surface area contributed by atoms with Crippen molar-refractivity contribution in [1.82, 2.24) is 20.3 Å². The molecule has 3 rings (SSSR count). The molecule has 1 N–H and O–H groups in total. The summed E-state index contributed by atoms with van der Waals surface area (Å²) >= 11 is 6.01. The Hall–Kier alpha value is -2.71. The van der Waals surface area contributed by atoms with E-state index < -0.39 is 9.84 Å². The van der Waals surface area contributed by atoms with Crippen molar-refractivity contribution in [3.8, 4) is 5.69 Å². The lowest BCUT2D eigenvalue weighted by Gasteiger charge is -2.14. The van der Waals surface area contributed by atoms with Crippen LogP contribution >= 0.6 is 11.6 Å². The first-order valence-electron chi connectivity index (χ1n) is 8.46. The predicted molar refractivity (Wildman–Crippen MR) is 107 cm³/mol. The molecule has 1 unspecified atom stereocenters. The molecule has 1 heterocycles. The fourth-order valence-electron chi connectivity index (χ4n) is 2.74. The number of hydrogen-bond acceptors (Lipinski definition) is 5. The lowest BCUT2D eigenvalue weighted by molar-refractivity contribution is 0.0934. The molecule has 146 valence electrons. The highest BCUT2D eigenvalue weighted by molar-refractivity contribution is 7.90. The van der Waals surface area contributed by atoms with E-state index >= 15 is 0 Å². The van der Waals surface area contributed by atoms with Crippen molar-refractivity contribution in [2.45, 2.75) is 24.8 Å². The zero-order valence-corrected chi connectivity index (χ0v) is 17.1. The number of benzene rings is 2. The fraction of sp³-hybridized carbons (Fsp3) is 0.211. The van der Waals surface area contributed by atoms with Crippen LogP contribution in [0.5, 0.6) is 0 Å². The Morgan fingerprint density at radius 3 is 2.46 bits per heavy atom. The first kappa shape index (κ1) is 20.0. The molecule has 2 aromatic carbocycles. The molecule has 7 nitrogen and oxygen atoms in total. The molecule has 0 saturated carbocycles. The predicted octanol–water partition coefficient (Wildman–Crippen LogP) is 3.12. The molecule has 0 fully saturated rings. The van der Waals surface area contributed by atoms with E-state index in [-0.39, 0.29) is 22.5 Å². The summed E-state index contributed by atoms with van der Waals surface area (Å²) < 4.78 is 24.7. The van der Waals surface area contributed by atoms with Crippen molar-refractivity contribution in [1.29, 1.82) is 0 Å². The SMILES string of the molecule is Cc1c(C(=O)NC(C)c2ccc(S(C)(=O)=O)cc2)nnn1-c1cccc(Cl)c1. The van der Waals surface area contributed by atoms with Crippen LogP contribution in [-0.2, 0) is 9.84 Å². The Bertz CT molecular complexity index is 1120. The molecule has 0 aliphatic carbocycles. The van der Waals surface area contributed by atoms with Crippen LogP contribution in [0.2, 0.25) is 5.02 Å². The molecule has 0 saturated heterocycles. The quantitative estimate of drug-likeness (QED) is 0.687. The van der Waals surface area contributed by atoms with E-state index in [9.17, 15) is 13.2 Å². The van der Waals surface area contributed by atoms with E-state index in [2.05, 4.69) is 15.6 Å². The Labute approximate surface area is 168 Å². The molecule has 9 heteroatoms. The molecule has 0 aliphatic heterocycles. The van der Waals surface area contributed by atoms with Gasteiger partial charge in [-0.2, -0.15) is 0 Å². The van der Waals surface area contributed by atoms with E-state index in [4.69, 9.17) is 11.6 Å². The van der Waals surface area contributed by atoms with Gasteiger partial charge in [0.15, 0.2) is 15.5 Å². The normalized spacial score (nSPS) is 12.6. The van der Waals surface area contributed by atoms with Crippen molar-refractivity contribution in [3.05, 3.63) is 70.5 Å². The third-order valence-corrected chi connectivity index (χ3v) is 5.68. The molecule has 0 bridgehead atoms. The van der Waals surface area contributed by atoms with Gasteiger partial charge in [0.05, 0.1) is 22.3 Å². The number of hydrogen-bond donors (Lipinski definition) is 1. The first-order chi connectivity index (χ1) is 13.2. The molecule has 1 aromatic heterocycles. The van der Waals surface area contributed by atoms with Gasteiger partial charge < -0.3 is 5.32 Å². The monoisotopic (exact) mass is 418 g/mol. The first-order valence-corrected chi connectivity index (χ1v) is 10.7. The number of sulfone groups is 1. The molecule has 28 heavy (non-hydrogen) atoms. The number of halogens is 1. The number of carbonyl (C=O) groups is 1. The summed E-state index contributed by atoms with van der Waals surface area (Å²) in [6.45, 7) is 3.56. The largest absolute Gasteiger partial charge is 0.344 e. The van der Waals surface area contributed by atoms with Gasteiger partial charge in [-0.1, -0.05) is 35.0 Å². The van der Waals surface area contributed by atoms with Gasteiger partial charge in [-0.05, 0) is 49.7 Å². The van der Waals surface area contributed by atoms with E-state index in [1.54, 1.807) is 41.9 Å². The van der Waals surface area contributed by atoms with Crippen LogP contribution in [0.1, 0.15) is 34.7 Å². The number of nitrogens with zero attached hydrogens (tertiary/aromatic N) is 3. The van der Waals surface area contributed by atoms with Crippen LogP contribution in [0, 0.1) is 6.92 Å². The van der Waals surface area contributed by atoms with E-state index in [0.717, 1.165) is 11.8 Å². The third kappa shape index (κ3) is 4.23. The zero-order chi connectivity index (χ0) is 20.5. The van der Waals surface area contributed by atoms with Gasteiger partial charge in [-0.15, -0.1) is 5.10 Å². The zero-order valence-electron chi connectivity index (χ0n) is 15.5. The Morgan fingerprint density at radius 2 is 1.86 bits per heavy atom. The van der Waals surface area contributed by atoms with E-state index in [1.807, 2.05) is 13.0 Å². The summed E-state index contributed by atoms with van der Waals surface area (Å²) in [6.07, 6.45) is 1.15. The second-order valence-corrected chi connectivity index (χ2v) is 8.90. The average Bonchev–Trinajstić information content (AvgIpc) is 3.02. The lowest BCUT2D eigenvalue weighted by atomic mass is 10.1. The minimum Gasteiger partial charge on any atom is -0.344 e. The van der Waals surface area contributed by atoms with Crippen LogP contribution in [0.15, 0.2) is 53.4 Å².